The predicted octanol–water partition coefficient (Wildman–Crippen LogP) is 10.4. The maximum Gasteiger partial charge on any atom is 0.163 e. The number of Topliss-reactive ketones (excluding diaryl/α,β-unsaturated/α-hetero) is 1. The number of fused-ring (bicyclic) bond motifs is 2. The molecule has 10 rings (SSSR count). The summed E-state index contributed by atoms with van der Waals surface area (Å²) >= 11 is 0. The maximum atomic E-state index is 11.6. The number of carbonyl (C=O) groups is 1. The third-order valence-corrected chi connectivity index (χ3v) is 10.5. The largest absolute Gasteiger partial charge is 0.397 e. The number of carbonyl (C=O) groups excluding carboxylic acids is 1. The van der Waals surface area contributed by atoms with Gasteiger partial charge >= 0.3 is 0 Å². The van der Waals surface area contributed by atoms with Crippen LogP contribution in [-0.4, -0.2) is 45.7 Å². The van der Waals surface area contributed by atoms with Crippen LogP contribution in [0, 0.1) is 0 Å². The van der Waals surface area contributed by atoms with E-state index in [-0.39, 0.29) is 5.78 Å². The molecule has 316 valence electrons. The molecule has 4 aromatic carbocycles. The van der Waals surface area contributed by atoms with Crippen LogP contribution in [0.4, 0.5) is 17.3 Å². The van der Waals surface area contributed by atoms with Crippen molar-refractivity contribution >= 4 is 44.9 Å². The molecule has 0 atom stereocenters. The number of pyridine rings is 4. The van der Waals surface area contributed by atoms with Gasteiger partial charge in [0.1, 0.15) is 17.4 Å². The van der Waals surface area contributed by atoms with Crippen molar-refractivity contribution in [1.29, 1.82) is 0 Å². The number of nitrogen functional groups attached to an aromatic ring is 1. The molecule has 0 radical (unpaired) electrons. The highest BCUT2D eigenvalue weighted by Crippen LogP contribution is 2.36. The van der Waals surface area contributed by atoms with Gasteiger partial charge < -0.3 is 16.4 Å². The molecular formula is C53H43N11O. The Morgan fingerprint density at radius 3 is 1.48 bits per heavy atom. The molecule has 10 aromatic rings. The normalized spacial score (nSPS) is 10.8. The fourth-order valence-electron chi connectivity index (χ4n) is 7.52. The molecule has 6 aromatic heterocycles. The number of nitrogens with one attached hydrogen (secondary N) is 2. The lowest BCUT2D eigenvalue weighted by atomic mass is 10.0. The third-order valence-electron chi connectivity index (χ3n) is 10.5. The Morgan fingerprint density at radius 2 is 1.00 bits per heavy atom. The van der Waals surface area contributed by atoms with E-state index >= 15 is 0 Å². The zero-order valence-electron chi connectivity index (χ0n) is 35.5. The van der Waals surface area contributed by atoms with Gasteiger partial charge in [0.05, 0.1) is 52.0 Å². The second-order valence-corrected chi connectivity index (χ2v) is 15.2. The highest BCUT2D eigenvalue weighted by molar-refractivity contribution is 6.03. The van der Waals surface area contributed by atoms with E-state index in [1.165, 1.54) is 0 Å². The summed E-state index contributed by atoms with van der Waals surface area (Å²) < 4.78 is 0. The standard InChI is InChI=1S/C28H23N5O.C25H20N6/c1-19(34)14-20-15-22(17-29-16-20)27-32-25-12-7-11-24(21-8-3-2-4-9-21)26(25)28(33-27)31-18-23-10-5-6-13-30-23;26-19-13-18(14-27-15-19)24-30-22-11-6-10-21(17-7-2-1-3-8-17)23(22)25(31-24)29-16-20-9-4-5-12-28-20/h2-13,15-17H,14,18H2,1H3,(H,31,32,33);1-15H,16,26H2,(H,29,30,31). The minimum absolute atomic E-state index is 0.0867. The smallest absolute Gasteiger partial charge is 0.163 e. The minimum atomic E-state index is 0.0867. The monoisotopic (exact) mass is 849 g/mol. The Kier molecular flexibility index (Phi) is 12.5. The van der Waals surface area contributed by atoms with Gasteiger partial charge in [-0.15, -0.1) is 0 Å². The number of anilines is 3. The highest BCUT2D eigenvalue weighted by Gasteiger charge is 2.17. The summed E-state index contributed by atoms with van der Waals surface area (Å²) in [4.78, 5) is 48.4. The van der Waals surface area contributed by atoms with Gasteiger partial charge in [-0.3, -0.25) is 24.7 Å². The molecule has 0 fully saturated rings. The Balaban J connectivity index is 0.000000165. The lowest BCUT2D eigenvalue weighted by Gasteiger charge is -2.14. The first-order valence-electron chi connectivity index (χ1n) is 21.1. The Morgan fingerprint density at radius 1 is 0.508 bits per heavy atom. The number of nitrogens with zero attached hydrogens (tertiary/aromatic N) is 8. The summed E-state index contributed by atoms with van der Waals surface area (Å²) in [6.45, 7) is 2.65. The summed E-state index contributed by atoms with van der Waals surface area (Å²) in [5.74, 6) is 2.68. The Hall–Kier alpha value is -8.77. The van der Waals surface area contributed by atoms with E-state index in [1.54, 1.807) is 44.1 Å². The lowest BCUT2D eigenvalue weighted by molar-refractivity contribution is -0.116. The van der Waals surface area contributed by atoms with Crippen molar-refractivity contribution in [3.63, 3.8) is 0 Å². The molecule has 0 saturated heterocycles. The zero-order valence-corrected chi connectivity index (χ0v) is 35.5. The topological polar surface area (TPSA) is 170 Å². The number of ketones is 1. The summed E-state index contributed by atoms with van der Waals surface area (Å²) in [5.41, 5.74) is 16.7. The third kappa shape index (κ3) is 9.98. The van der Waals surface area contributed by atoms with Crippen molar-refractivity contribution in [3.8, 4) is 45.0 Å². The summed E-state index contributed by atoms with van der Waals surface area (Å²) in [5, 5.41) is 8.87. The van der Waals surface area contributed by atoms with E-state index in [1.807, 2.05) is 109 Å². The van der Waals surface area contributed by atoms with Gasteiger partial charge in [0.2, 0.25) is 0 Å². The molecule has 65 heavy (non-hydrogen) atoms. The fourth-order valence-corrected chi connectivity index (χ4v) is 7.52. The predicted molar refractivity (Wildman–Crippen MR) is 258 cm³/mol. The quantitative estimate of drug-likeness (QED) is 0.106. The van der Waals surface area contributed by atoms with Crippen molar-refractivity contribution in [2.75, 3.05) is 16.4 Å². The van der Waals surface area contributed by atoms with Crippen molar-refractivity contribution in [2.24, 2.45) is 0 Å². The average Bonchev–Trinajstić information content (AvgIpc) is 3.35. The van der Waals surface area contributed by atoms with Crippen molar-refractivity contribution in [1.82, 2.24) is 39.9 Å². The van der Waals surface area contributed by atoms with Gasteiger partial charge in [-0.2, -0.15) is 0 Å². The first-order valence-corrected chi connectivity index (χ1v) is 21.1. The minimum Gasteiger partial charge on any atom is -0.397 e. The van der Waals surface area contributed by atoms with Crippen molar-refractivity contribution < 1.29 is 4.79 Å². The van der Waals surface area contributed by atoms with E-state index in [0.29, 0.717) is 36.8 Å². The van der Waals surface area contributed by atoms with Crippen LogP contribution < -0.4 is 16.4 Å². The second-order valence-electron chi connectivity index (χ2n) is 15.2. The van der Waals surface area contributed by atoms with E-state index in [0.717, 1.165) is 83.8 Å². The van der Waals surface area contributed by atoms with Gasteiger partial charge in [-0.05, 0) is 83.3 Å². The van der Waals surface area contributed by atoms with Gasteiger partial charge in [-0.25, -0.2) is 19.9 Å². The molecule has 6 heterocycles. The molecule has 0 aliphatic rings. The molecule has 0 bridgehead atoms. The summed E-state index contributed by atoms with van der Waals surface area (Å²) in [6.07, 6.45) is 10.7. The number of hydrogen-bond acceptors (Lipinski definition) is 12. The van der Waals surface area contributed by atoms with Crippen LogP contribution in [0.2, 0.25) is 0 Å². The SMILES string of the molecule is CC(=O)Cc1cncc(-c2nc(NCc3ccccn3)c3c(-c4ccccc4)cccc3n2)c1.Nc1cncc(-c2nc(NCc3ccccn3)c3c(-c4ccccc4)cccc3n2)c1. The van der Waals surface area contributed by atoms with E-state index in [9.17, 15) is 4.79 Å². The molecule has 0 saturated carbocycles. The van der Waals surface area contributed by atoms with Crippen LogP contribution in [0.1, 0.15) is 23.9 Å². The van der Waals surface area contributed by atoms with Crippen LogP contribution in [0.25, 0.3) is 66.8 Å². The number of aromatic nitrogens is 8. The number of nitrogens with two attached hydrogens (primary N) is 1. The van der Waals surface area contributed by atoms with Gasteiger partial charge in [0, 0.05) is 54.7 Å². The molecule has 12 nitrogen and oxygen atoms in total. The molecule has 4 N–H and O–H groups in total. The number of benzene rings is 4. The van der Waals surface area contributed by atoms with Gasteiger partial charge in [0.15, 0.2) is 11.6 Å². The van der Waals surface area contributed by atoms with E-state index in [2.05, 4.69) is 67.0 Å². The molecule has 0 aliphatic carbocycles. The highest BCUT2D eigenvalue weighted by atomic mass is 16.1. The molecule has 12 heteroatoms. The zero-order chi connectivity index (χ0) is 44.4. The summed E-state index contributed by atoms with van der Waals surface area (Å²) in [7, 11) is 0. The van der Waals surface area contributed by atoms with Gasteiger partial charge in [-0.1, -0.05) is 97.1 Å². The lowest BCUT2D eigenvalue weighted by Crippen LogP contribution is -2.06. The van der Waals surface area contributed by atoms with Crippen LogP contribution in [0.5, 0.6) is 0 Å². The molecule has 0 unspecified atom stereocenters. The van der Waals surface area contributed by atoms with Crippen molar-refractivity contribution in [2.45, 2.75) is 26.4 Å². The first-order chi connectivity index (χ1) is 31.9. The molecule has 0 aliphatic heterocycles. The maximum absolute atomic E-state index is 11.6. The van der Waals surface area contributed by atoms with Crippen LogP contribution in [0.3, 0.4) is 0 Å². The number of rotatable bonds is 12. The van der Waals surface area contributed by atoms with Crippen LogP contribution in [0.15, 0.2) is 183 Å². The van der Waals surface area contributed by atoms with Crippen molar-refractivity contribution in [3.05, 3.63) is 200 Å². The first kappa shape index (κ1) is 41.6. The second kappa shape index (κ2) is 19.5. The molecular weight excluding hydrogens is 807 g/mol. The Bertz CT molecular complexity index is 3230. The average molecular weight is 850 g/mol. The Labute approximate surface area is 375 Å². The van der Waals surface area contributed by atoms with Gasteiger partial charge in [0.25, 0.3) is 0 Å². The van der Waals surface area contributed by atoms with Crippen LogP contribution in [-0.2, 0) is 24.3 Å². The molecule has 0 amide bonds. The van der Waals surface area contributed by atoms with E-state index < -0.39 is 0 Å². The van der Waals surface area contributed by atoms with E-state index in [4.69, 9.17) is 25.7 Å². The van der Waals surface area contributed by atoms with Crippen LogP contribution >= 0.6 is 0 Å². The fraction of sp³-hybridized carbons (Fsp3) is 0.0755. The summed E-state index contributed by atoms with van der Waals surface area (Å²) in [6, 6.07) is 48.1. The number of hydrogen-bond donors (Lipinski definition) is 3. The molecule has 0 spiro atoms.